The molecule has 17 heavy (non-hydrogen) atoms. The normalized spacial score (nSPS) is 10.6. The van der Waals surface area contributed by atoms with Gasteiger partial charge in [-0.3, -0.25) is 4.79 Å². The Kier molecular flexibility index (Phi) is 4.37. The van der Waals surface area contributed by atoms with Crippen molar-refractivity contribution >= 4 is 17.3 Å². The molecule has 4 heteroatoms. The highest BCUT2D eigenvalue weighted by Gasteiger charge is 2.13. The van der Waals surface area contributed by atoms with E-state index in [1.807, 2.05) is 30.0 Å². The summed E-state index contributed by atoms with van der Waals surface area (Å²) in [6.45, 7) is 7.25. The number of anilines is 2. The molecule has 1 rings (SSSR count). The zero-order chi connectivity index (χ0) is 13.0. The average Bonchev–Trinajstić information content (AvgIpc) is 2.14. The lowest BCUT2D eigenvalue weighted by Crippen LogP contribution is -2.36. The molecule has 1 amide bonds. The lowest BCUT2D eigenvalue weighted by Gasteiger charge is -2.27. The van der Waals surface area contributed by atoms with Gasteiger partial charge in [-0.2, -0.15) is 0 Å². The lowest BCUT2D eigenvalue weighted by atomic mass is 10.1. The van der Waals surface area contributed by atoms with E-state index < -0.39 is 0 Å². The fourth-order valence-corrected chi connectivity index (χ4v) is 1.91. The summed E-state index contributed by atoms with van der Waals surface area (Å²) in [4.78, 5) is 13.1. The molecule has 1 aromatic carbocycles. The minimum atomic E-state index is -0.318. The lowest BCUT2D eigenvalue weighted by molar-refractivity contribution is -0.116. The number of amides is 1. The first kappa shape index (κ1) is 13.4. The SMILES string of the molecule is Cc1cc(N)ccc1N(CC(N)=O)CC(C)C. The fraction of sp³-hybridized carbons (Fsp3) is 0.462. The number of primary amides is 1. The maximum absolute atomic E-state index is 11.1. The molecule has 0 spiro atoms. The Labute approximate surface area is 103 Å². The van der Waals surface area contributed by atoms with Crippen LogP contribution in [0.5, 0.6) is 0 Å². The molecule has 4 N–H and O–H groups in total. The van der Waals surface area contributed by atoms with Crippen LogP contribution in [0.3, 0.4) is 0 Å². The molecule has 94 valence electrons. The second-order valence-electron chi connectivity index (χ2n) is 4.79. The van der Waals surface area contributed by atoms with Gasteiger partial charge in [0.25, 0.3) is 0 Å². The van der Waals surface area contributed by atoms with E-state index in [4.69, 9.17) is 11.5 Å². The van der Waals surface area contributed by atoms with E-state index in [9.17, 15) is 4.79 Å². The molecule has 0 heterocycles. The Morgan fingerprint density at radius 3 is 2.53 bits per heavy atom. The molecule has 0 unspecified atom stereocenters. The van der Waals surface area contributed by atoms with E-state index in [2.05, 4.69) is 13.8 Å². The minimum Gasteiger partial charge on any atom is -0.399 e. The molecule has 0 saturated heterocycles. The van der Waals surface area contributed by atoms with Crippen molar-refractivity contribution in [3.8, 4) is 0 Å². The molecule has 0 aromatic heterocycles. The van der Waals surface area contributed by atoms with E-state index in [0.717, 1.165) is 23.5 Å². The summed E-state index contributed by atoms with van der Waals surface area (Å²) < 4.78 is 0. The van der Waals surface area contributed by atoms with Crippen LogP contribution >= 0.6 is 0 Å². The largest absolute Gasteiger partial charge is 0.399 e. The highest BCUT2D eigenvalue weighted by Crippen LogP contribution is 2.23. The van der Waals surface area contributed by atoms with Crippen LogP contribution in [0, 0.1) is 12.8 Å². The van der Waals surface area contributed by atoms with Crippen molar-refractivity contribution in [3.63, 3.8) is 0 Å². The van der Waals surface area contributed by atoms with Gasteiger partial charge in [0.05, 0.1) is 6.54 Å². The third-order valence-electron chi connectivity index (χ3n) is 2.49. The van der Waals surface area contributed by atoms with E-state index in [1.54, 1.807) is 0 Å². The Morgan fingerprint density at radius 1 is 1.41 bits per heavy atom. The van der Waals surface area contributed by atoms with Gasteiger partial charge in [0.1, 0.15) is 0 Å². The molecule has 0 fully saturated rings. The number of nitrogen functional groups attached to an aromatic ring is 1. The summed E-state index contributed by atoms with van der Waals surface area (Å²) in [5.41, 5.74) is 13.8. The minimum absolute atomic E-state index is 0.239. The average molecular weight is 235 g/mol. The first-order valence-electron chi connectivity index (χ1n) is 5.79. The van der Waals surface area contributed by atoms with Crippen molar-refractivity contribution < 1.29 is 4.79 Å². The maximum Gasteiger partial charge on any atom is 0.236 e. The van der Waals surface area contributed by atoms with Crippen LogP contribution in [-0.2, 0) is 4.79 Å². The molecule has 0 bridgehead atoms. The van der Waals surface area contributed by atoms with Gasteiger partial charge in [-0.25, -0.2) is 0 Å². The van der Waals surface area contributed by atoms with E-state index >= 15 is 0 Å². The molecule has 0 aliphatic carbocycles. The van der Waals surface area contributed by atoms with Gasteiger partial charge >= 0.3 is 0 Å². The van der Waals surface area contributed by atoms with E-state index in [1.165, 1.54) is 0 Å². The highest BCUT2D eigenvalue weighted by molar-refractivity contribution is 5.80. The van der Waals surface area contributed by atoms with Crippen LogP contribution in [0.4, 0.5) is 11.4 Å². The second kappa shape index (κ2) is 5.57. The Morgan fingerprint density at radius 2 is 2.06 bits per heavy atom. The van der Waals surface area contributed by atoms with Crippen molar-refractivity contribution in [1.82, 2.24) is 0 Å². The Hall–Kier alpha value is -1.71. The zero-order valence-corrected chi connectivity index (χ0v) is 10.7. The number of aryl methyl sites for hydroxylation is 1. The summed E-state index contributed by atoms with van der Waals surface area (Å²) >= 11 is 0. The third kappa shape index (κ3) is 3.98. The van der Waals surface area contributed by atoms with Crippen molar-refractivity contribution in [2.45, 2.75) is 20.8 Å². The first-order chi connectivity index (χ1) is 7.90. The summed E-state index contributed by atoms with van der Waals surface area (Å²) in [7, 11) is 0. The molecular weight excluding hydrogens is 214 g/mol. The zero-order valence-electron chi connectivity index (χ0n) is 10.7. The second-order valence-corrected chi connectivity index (χ2v) is 4.79. The van der Waals surface area contributed by atoms with Crippen molar-refractivity contribution in [2.75, 3.05) is 23.7 Å². The number of rotatable bonds is 5. The Bertz CT molecular complexity index is 402. The summed E-state index contributed by atoms with van der Waals surface area (Å²) in [6.07, 6.45) is 0. The van der Waals surface area contributed by atoms with Crippen LogP contribution in [0.2, 0.25) is 0 Å². The molecule has 0 saturated carbocycles. The highest BCUT2D eigenvalue weighted by atomic mass is 16.1. The Balaban J connectivity index is 2.98. The van der Waals surface area contributed by atoms with Gasteiger partial charge in [0, 0.05) is 17.9 Å². The van der Waals surface area contributed by atoms with Gasteiger partial charge in [-0.1, -0.05) is 13.8 Å². The molecule has 4 nitrogen and oxygen atoms in total. The van der Waals surface area contributed by atoms with E-state index in [-0.39, 0.29) is 12.5 Å². The number of hydrogen-bond acceptors (Lipinski definition) is 3. The quantitative estimate of drug-likeness (QED) is 0.760. The van der Waals surface area contributed by atoms with Crippen LogP contribution < -0.4 is 16.4 Å². The van der Waals surface area contributed by atoms with Crippen LogP contribution in [0.15, 0.2) is 18.2 Å². The monoisotopic (exact) mass is 235 g/mol. The molecule has 0 atom stereocenters. The van der Waals surface area contributed by atoms with Gasteiger partial charge < -0.3 is 16.4 Å². The number of nitrogens with zero attached hydrogens (tertiary/aromatic N) is 1. The summed E-state index contributed by atoms with van der Waals surface area (Å²) in [6, 6.07) is 5.69. The smallest absolute Gasteiger partial charge is 0.236 e. The molecule has 1 aromatic rings. The van der Waals surface area contributed by atoms with E-state index in [0.29, 0.717) is 5.92 Å². The number of benzene rings is 1. The topological polar surface area (TPSA) is 72.3 Å². The number of carbonyl (C=O) groups excluding carboxylic acids is 1. The fourth-order valence-electron chi connectivity index (χ4n) is 1.91. The predicted molar refractivity (Wildman–Crippen MR) is 71.8 cm³/mol. The van der Waals surface area contributed by atoms with Gasteiger partial charge in [0.2, 0.25) is 5.91 Å². The maximum atomic E-state index is 11.1. The van der Waals surface area contributed by atoms with Gasteiger partial charge in [-0.15, -0.1) is 0 Å². The van der Waals surface area contributed by atoms with Gasteiger partial charge in [-0.05, 0) is 36.6 Å². The summed E-state index contributed by atoms with van der Waals surface area (Å²) in [5, 5.41) is 0. The number of nitrogens with two attached hydrogens (primary N) is 2. The number of hydrogen-bond donors (Lipinski definition) is 2. The molecule has 0 radical (unpaired) electrons. The van der Waals surface area contributed by atoms with Gasteiger partial charge in [0.15, 0.2) is 0 Å². The van der Waals surface area contributed by atoms with Crippen LogP contribution in [0.25, 0.3) is 0 Å². The molecule has 0 aliphatic heterocycles. The van der Waals surface area contributed by atoms with Crippen molar-refractivity contribution in [1.29, 1.82) is 0 Å². The molecule has 0 aliphatic rings. The standard InChI is InChI=1S/C13H21N3O/c1-9(2)7-16(8-13(15)17)12-5-4-11(14)6-10(12)3/h4-6,9H,7-8,14H2,1-3H3,(H2,15,17). The van der Waals surface area contributed by atoms with Crippen LogP contribution in [-0.4, -0.2) is 19.0 Å². The molecular formula is C13H21N3O. The number of carbonyl (C=O) groups is 1. The van der Waals surface area contributed by atoms with Crippen molar-refractivity contribution in [3.05, 3.63) is 23.8 Å². The first-order valence-corrected chi connectivity index (χ1v) is 5.79. The third-order valence-corrected chi connectivity index (χ3v) is 2.49. The van der Waals surface area contributed by atoms with Crippen molar-refractivity contribution in [2.24, 2.45) is 11.7 Å². The van der Waals surface area contributed by atoms with Crippen LogP contribution in [0.1, 0.15) is 19.4 Å². The predicted octanol–water partition coefficient (Wildman–Crippen LogP) is 1.52. The summed E-state index contributed by atoms with van der Waals surface area (Å²) in [5.74, 6) is 0.146.